The molecular formula is C24H23N3O6S. The molecule has 1 fully saturated rings. The third-order valence-electron chi connectivity index (χ3n) is 6.78. The van der Waals surface area contributed by atoms with Crippen molar-refractivity contribution in [2.45, 2.75) is 30.9 Å². The van der Waals surface area contributed by atoms with E-state index in [9.17, 15) is 28.2 Å². The van der Waals surface area contributed by atoms with Gasteiger partial charge in [-0.3, -0.25) is 4.79 Å². The molecule has 10 heteroatoms. The number of amides is 1. The maximum atomic E-state index is 13.5. The van der Waals surface area contributed by atoms with Gasteiger partial charge in [0.1, 0.15) is 11.4 Å². The highest BCUT2D eigenvalue weighted by atomic mass is 32.2. The van der Waals surface area contributed by atoms with E-state index in [1.165, 1.54) is 17.9 Å². The van der Waals surface area contributed by atoms with Gasteiger partial charge in [0.05, 0.1) is 29.5 Å². The van der Waals surface area contributed by atoms with Crippen molar-refractivity contribution < 1.29 is 28.2 Å². The van der Waals surface area contributed by atoms with Crippen LogP contribution in [0.1, 0.15) is 25.0 Å². The Balaban J connectivity index is 1.62. The van der Waals surface area contributed by atoms with Gasteiger partial charge in [-0.1, -0.05) is 55.5 Å². The minimum atomic E-state index is -4.08. The average Bonchev–Trinajstić information content (AvgIpc) is 3.04. The number of nitrogens with zero attached hydrogens (tertiary/aromatic N) is 3. The predicted octanol–water partition coefficient (Wildman–Crippen LogP) is 1.64. The van der Waals surface area contributed by atoms with Crippen LogP contribution in [0.2, 0.25) is 0 Å². The van der Waals surface area contributed by atoms with Gasteiger partial charge in [0.15, 0.2) is 0 Å². The first-order valence-electron chi connectivity index (χ1n) is 10.9. The first-order valence-corrected chi connectivity index (χ1v) is 12.3. The Hall–Kier alpha value is -3.50. The van der Waals surface area contributed by atoms with Crippen molar-refractivity contribution >= 4 is 27.6 Å². The van der Waals surface area contributed by atoms with Gasteiger partial charge in [0.25, 0.3) is 10.0 Å². The summed E-state index contributed by atoms with van der Waals surface area (Å²) in [6.07, 6.45) is -0.945. The van der Waals surface area contributed by atoms with Crippen LogP contribution >= 0.6 is 0 Å². The topological polar surface area (TPSA) is 128 Å². The van der Waals surface area contributed by atoms with E-state index in [1.54, 1.807) is 25.1 Å². The van der Waals surface area contributed by atoms with E-state index in [0.29, 0.717) is 11.3 Å². The van der Waals surface area contributed by atoms with Crippen LogP contribution in [-0.2, 0) is 19.6 Å². The smallest absolute Gasteiger partial charge is 0.352 e. The number of aliphatic carboxylic acids is 1. The molecule has 3 aliphatic heterocycles. The van der Waals surface area contributed by atoms with E-state index >= 15 is 0 Å². The van der Waals surface area contributed by atoms with Crippen LogP contribution in [0.25, 0.3) is 0 Å². The Morgan fingerprint density at radius 2 is 1.76 bits per heavy atom. The summed E-state index contributed by atoms with van der Waals surface area (Å²) in [6, 6.07) is 15.2. The second-order valence-electron chi connectivity index (χ2n) is 8.73. The maximum Gasteiger partial charge on any atom is 0.352 e. The van der Waals surface area contributed by atoms with Gasteiger partial charge in [-0.2, -0.15) is 17.9 Å². The summed E-state index contributed by atoms with van der Waals surface area (Å²) in [4.78, 5) is 26.0. The molecule has 0 saturated carbocycles. The van der Waals surface area contributed by atoms with Crippen molar-refractivity contribution in [2.75, 3.05) is 6.54 Å². The summed E-state index contributed by atoms with van der Waals surface area (Å²) < 4.78 is 27.9. The van der Waals surface area contributed by atoms with Crippen molar-refractivity contribution in [2.24, 2.45) is 16.9 Å². The van der Waals surface area contributed by atoms with E-state index in [2.05, 4.69) is 5.10 Å². The number of β-lactam (4-membered cyclic amide) rings is 1. The molecule has 0 bridgehead atoms. The fourth-order valence-electron chi connectivity index (χ4n) is 5.15. The lowest BCUT2D eigenvalue weighted by molar-refractivity contribution is -0.163. The van der Waals surface area contributed by atoms with Gasteiger partial charge in [0, 0.05) is 17.0 Å². The molecule has 0 aliphatic carbocycles. The minimum Gasteiger partial charge on any atom is -0.477 e. The van der Waals surface area contributed by atoms with E-state index in [-0.39, 0.29) is 22.7 Å². The molecule has 1 amide bonds. The first kappa shape index (κ1) is 22.3. The highest BCUT2D eigenvalue weighted by molar-refractivity contribution is 7.89. The molecule has 4 atom stereocenters. The van der Waals surface area contributed by atoms with Gasteiger partial charge in [0.2, 0.25) is 5.91 Å². The number of sulfonamides is 1. The number of carbonyl (C=O) groups is 2. The Morgan fingerprint density at radius 3 is 2.41 bits per heavy atom. The monoisotopic (exact) mass is 481 g/mol. The van der Waals surface area contributed by atoms with Crippen LogP contribution in [0.3, 0.4) is 0 Å². The molecule has 2 aromatic carbocycles. The molecule has 0 unspecified atom stereocenters. The molecule has 2 N–H and O–H groups in total. The van der Waals surface area contributed by atoms with E-state index in [0.717, 1.165) is 9.98 Å². The van der Waals surface area contributed by atoms with Crippen molar-refractivity contribution in [1.29, 1.82) is 0 Å². The molecule has 3 aliphatic rings. The van der Waals surface area contributed by atoms with Crippen LogP contribution in [0, 0.1) is 11.8 Å². The molecule has 3 heterocycles. The largest absolute Gasteiger partial charge is 0.477 e. The number of aliphatic hydroxyl groups excluding tert-OH is 1. The number of carboxylic acids is 1. The van der Waals surface area contributed by atoms with Gasteiger partial charge in [-0.15, -0.1) is 0 Å². The molecule has 1 saturated heterocycles. The standard InChI is InChI=1S/C24H23N3O6S/c1-13-17(22(24(30)31)27-21(13)19(14(2)28)23(27)29)12-26-25-20(15-8-4-3-5-9-15)16-10-6-7-11-18(16)34(26,32)33/h3-11,13-14,19,21,28H,12H2,1-2H3,(H,30,31)/t13-,14+,19+,21+/m0/s1. The molecule has 176 valence electrons. The highest BCUT2D eigenvalue weighted by Crippen LogP contribution is 2.47. The summed E-state index contributed by atoms with van der Waals surface area (Å²) >= 11 is 0. The number of fused-ring (bicyclic) bond motifs is 2. The van der Waals surface area contributed by atoms with Crippen LogP contribution in [-0.4, -0.2) is 64.2 Å². The van der Waals surface area contributed by atoms with E-state index in [1.807, 2.05) is 30.3 Å². The van der Waals surface area contributed by atoms with Gasteiger partial charge in [-0.05, 0) is 18.6 Å². The number of hydrogen-bond acceptors (Lipinski definition) is 6. The Bertz CT molecular complexity index is 1370. The van der Waals surface area contributed by atoms with Gasteiger partial charge < -0.3 is 15.1 Å². The quantitative estimate of drug-likeness (QED) is 0.625. The zero-order valence-corrected chi connectivity index (χ0v) is 19.3. The Kier molecular flexibility index (Phi) is 5.10. The molecule has 2 aromatic rings. The van der Waals surface area contributed by atoms with Crippen molar-refractivity contribution in [3.8, 4) is 0 Å². The lowest BCUT2D eigenvalue weighted by Gasteiger charge is -2.46. The normalized spacial score (nSPS) is 25.9. The van der Waals surface area contributed by atoms with Crippen molar-refractivity contribution in [1.82, 2.24) is 9.31 Å². The lowest BCUT2D eigenvalue weighted by atomic mass is 9.78. The van der Waals surface area contributed by atoms with Crippen LogP contribution in [0.4, 0.5) is 0 Å². The van der Waals surface area contributed by atoms with Gasteiger partial charge in [-0.25, -0.2) is 4.79 Å². The van der Waals surface area contributed by atoms with Gasteiger partial charge >= 0.3 is 5.97 Å². The number of hydrazone groups is 1. The molecule has 5 rings (SSSR count). The van der Waals surface area contributed by atoms with Crippen LogP contribution < -0.4 is 0 Å². The van der Waals surface area contributed by atoms with Crippen LogP contribution in [0.5, 0.6) is 0 Å². The van der Waals surface area contributed by atoms with E-state index in [4.69, 9.17) is 0 Å². The fourth-order valence-corrected chi connectivity index (χ4v) is 6.57. The second kappa shape index (κ2) is 7.78. The Morgan fingerprint density at radius 1 is 1.12 bits per heavy atom. The highest BCUT2D eigenvalue weighted by Gasteiger charge is 2.60. The first-order chi connectivity index (χ1) is 16.1. The zero-order valence-electron chi connectivity index (χ0n) is 18.5. The summed E-state index contributed by atoms with van der Waals surface area (Å²) in [7, 11) is -4.08. The molecule has 0 aromatic heterocycles. The number of carboxylic acid groups (broad SMARTS) is 1. The number of benzene rings is 2. The number of hydrogen-bond donors (Lipinski definition) is 2. The number of carbonyl (C=O) groups excluding carboxylic acids is 1. The molecular weight excluding hydrogens is 458 g/mol. The summed E-state index contributed by atoms with van der Waals surface area (Å²) in [6.45, 7) is 2.92. The summed E-state index contributed by atoms with van der Waals surface area (Å²) in [5.74, 6) is -2.99. The minimum absolute atomic E-state index is 0.0770. The predicted molar refractivity (Wildman–Crippen MR) is 122 cm³/mol. The lowest BCUT2D eigenvalue weighted by Crippen LogP contribution is -2.63. The Labute approximate surface area is 196 Å². The summed E-state index contributed by atoms with van der Waals surface area (Å²) in [5.41, 5.74) is 1.69. The van der Waals surface area contributed by atoms with Crippen molar-refractivity contribution in [3.05, 3.63) is 77.0 Å². The van der Waals surface area contributed by atoms with Crippen LogP contribution in [0.15, 0.2) is 75.9 Å². The third-order valence-corrected chi connectivity index (χ3v) is 8.46. The maximum absolute atomic E-state index is 13.5. The number of aliphatic hydroxyl groups is 1. The molecule has 0 radical (unpaired) electrons. The number of rotatable bonds is 5. The molecule has 34 heavy (non-hydrogen) atoms. The third kappa shape index (κ3) is 3.09. The molecule has 0 spiro atoms. The van der Waals surface area contributed by atoms with Crippen molar-refractivity contribution in [3.63, 3.8) is 0 Å². The second-order valence-corrected chi connectivity index (χ2v) is 10.5. The summed E-state index contributed by atoms with van der Waals surface area (Å²) in [5, 5.41) is 24.4. The van der Waals surface area contributed by atoms with E-state index < -0.39 is 45.9 Å². The average molecular weight is 482 g/mol. The zero-order chi connectivity index (χ0) is 24.4. The SMILES string of the molecule is C[C@@H](O)[C@H]1C(=O)N2C(C(=O)O)=C(CN3N=C(c4ccccc4)c4ccccc4S3(=O)=O)[C@H](C)[C@H]12. The fraction of sp³-hybridized carbons (Fsp3) is 0.292. The molecule has 9 nitrogen and oxygen atoms in total.